The Labute approximate surface area is 69.1 Å². The predicted molar refractivity (Wildman–Crippen MR) is 50.2 cm³/mol. The van der Waals surface area contributed by atoms with Crippen LogP contribution in [0.15, 0.2) is 30.3 Å². The topological polar surface area (TPSA) is 17.1 Å². The highest BCUT2D eigenvalue weighted by Gasteiger charge is 1.84. The second-order valence-electron chi connectivity index (χ2n) is 2.38. The van der Waals surface area contributed by atoms with Crippen molar-refractivity contribution in [3.05, 3.63) is 35.9 Å². The highest BCUT2D eigenvalue weighted by Crippen LogP contribution is 1.98. The zero-order valence-electron chi connectivity index (χ0n) is 6.32. The van der Waals surface area contributed by atoms with E-state index in [1.807, 2.05) is 30.3 Å². The summed E-state index contributed by atoms with van der Waals surface area (Å²) < 4.78 is 10.6. The van der Waals surface area contributed by atoms with Crippen LogP contribution in [0.2, 0.25) is 0 Å². The highest BCUT2D eigenvalue weighted by atomic mass is 32.2. The van der Waals surface area contributed by atoms with Crippen LogP contribution in [-0.4, -0.2) is 11.6 Å². The van der Waals surface area contributed by atoms with Gasteiger partial charge in [-0.05, 0) is 12.0 Å². The van der Waals surface area contributed by atoms with Crippen molar-refractivity contribution in [3.8, 4) is 0 Å². The second-order valence-corrected chi connectivity index (χ2v) is 3.67. The first-order chi connectivity index (χ1) is 5.29. The van der Waals surface area contributed by atoms with Crippen LogP contribution in [0.5, 0.6) is 0 Å². The van der Waals surface area contributed by atoms with Gasteiger partial charge in [-0.3, -0.25) is 10.4 Å². The van der Waals surface area contributed by atoms with Gasteiger partial charge in [-0.25, -0.2) is 0 Å². The number of hydrogen-bond donors (Lipinski definition) is 0. The maximum absolute atomic E-state index is 10.6. The quantitative estimate of drug-likeness (QED) is 0.494. The Morgan fingerprint density at radius 1 is 1.27 bits per heavy atom. The van der Waals surface area contributed by atoms with Gasteiger partial charge in [-0.15, -0.1) is 5.75 Å². The summed E-state index contributed by atoms with van der Waals surface area (Å²) in [5, 5.41) is 0. The van der Waals surface area contributed by atoms with Crippen molar-refractivity contribution in [1.29, 1.82) is 0 Å². The lowest BCUT2D eigenvalue weighted by molar-refractivity contribution is 0.603. The molecule has 1 aromatic carbocycles. The molecule has 0 radical (unpaired) electrons. The molecule has 2 heteroatoms. The van der Waals surface area contributed by atoms with E-state index >= 15 is 0 Å². The summed E-state index contributed by atoms with van der Waals surface area (Å²) in [4.78, 5) is 0. The molecule has 0 N–H and O–H groups in total. The zero-order chi connectivity index (χ0) is 8.10. The van der Waals surface area contributed by atoms with Gasteiger partial charge < -0.3 is 4.21 Å². The fraction of sp³-hybridized carbons (Fsp3) is 0.222. The minimum Gasteiger partial charge on any atom is -0.462 e. The third-order valence-corrected chi connectivity index (χ3v) is 2.12. The molecular weight excluding hydrogens is 156 g/mol. The Bertz CT molecular complexity index is 267. The Kier molecular flexibility index (Phi) is 3.17. The van der Waals surface area contributed by atoms with Gasteiger partial charge in [0.1, 0.15) is 0 Å². The summed E-state index contributed by atoms with van der Waals surface area (Å²) in [6, 6.07) is 10.0. The Hall–Kier alpha value is -0.760. The van der Waals surface area contributed by atoms with Crippen LogP contribution in [0.3, 0.4) is 0 Å². The SMILES string of the molecule is C=[S-](=O)CCc1ccccc1. The largest absolute Gasteiger partial charge is 0.462 e. The van der Waals surface area contributed by atoms with Crippen molar-refractivity contribution in [2.75, 3.05) is 5.75 Å². The van der Waals surface area contributed by atoms with E-state index in [1.54, 1.807) is 0 Å². The zero-order valence-corrected chi connectivity index (χ0v) is 7.14. The van der Waals surface area contributed by atoms with Crippen molar-refractivity contribution in [2.24, 2.45) is 0 Å². The molecule has 0 aromatic heterocycles. The summed E-state index contributed by atoms with van der Waals surface area (Å²) in [5.41, 5.74) is 1.23. The molecule has 0 saturated heterocycles. The van der Waals surface area contributed by atoms with Crippen LogP contribution in [0.4, 0.5) is 0 Å². The lowest BCUT2D eigenvalue weighted by Crippen LogP contribution is -1.91. The molecule has 0 heterocycles. The van der Waals surface area contributed by atoms with Crippen LogP contribution >= 0.6 is 0 Å². The first kappa shape index (κ1) is 8.34. The highest BCUT2D eigenvalue weighted by molar-refractivity contribution is 7.82. The molecule has 0 bridgehead atoms. The van der Waals surface area contributed by atoms with E-state index in [1.165, 1.54) is 5.56 Å². The number of rotatable bonds is 3. The van der Waals surface area contributed by atoms with Gasteiger partial charge in [0.15, 0.2) is 0 Å². The van der Waals surface area contributed by atoms with Crippen LogP contribution in [0.25, 0.3) is 0 Å². The summed E-state index contributed by atoms with van der Waals surface area (Å²) in [6.07, 6.45) is 0.858. The molecular formula is C9H11OS-. The van der Waals surface area contributed by atoms with Crippen molar-refractivity contribution in [1.82, 2.24) is 0 Å². The van der Waals surface area contributed by atoms with E-state index in [0.29, 0.717) is 5.75 Å². The van der Waals surface area contributed by atoms with E-state index < -0.39 is 10.4 Å². The summed E-state index contributed by atoms with van der Waals surface area (Å²) in [5.74, 6) is 4.08. The lowest BCUT2D eigenvalue weighted by Gasteiger charge is -2.01. The molecule has 0 aliphatic carbocycles. The fourth-order valence-electron chi connectivity index (χ4n) is 0.876. The Morgan fingerprint density at radius 3 is 2.45 bits per heavy atom. The second kappa shape index (κ2) is 4.19. The van der Waals surface area contributed by atoms with Crippen molar-refractivity contribution in [3.63, 3.8) is 0 Å². The van der Waals surface area contributed by atoms with E-state index in [-0.39, 0.29) is 0 Å². The van der Waals surface area contributed by atoms with Gasteiger partial charge in [0.2, 0.25) is 0 Å². The van der Waals surface area contributed by atoms with Crippen molar-refractivity contribution < 1.29 is 4.21 Å². The molecule has 0 aliphatic heterocycles. The van der Waals surface area contributed by atoms with E-state index in [9.17, 15) is 4.21 Å². The van der Waals surface area contributed by atoms with E-state index in [4.69, 9.17) is 0 Å². The standard InChI is InChI=1S/C9H11OS/c1-11(10)8-7-9-5-3-2-4-6-9/h2-6H,1,7-8H2/q-1. The molecule has 1 aromatic rings. The van der Waals surface area contributed by atoms with Gasteiger partial charge in [0, 0.05) is 0 Å². The summed E-state index contributed by atoms with van der Waals surface area (Å²) >= 11 is 0. The molecule has 1 rings (SSSR count). The Morgan fingerprint density at radius 2 is 1.91 bits per heavy atom. The normalized spacial score (nSPS) is 10.3. The Balaban J connectivity index is 2.52. The van der Waals surface area contributed by atoms with Gasteiger partial charge in [0.25, 0.3) is 0 Å². The third kappa shape index (κ3) is 3.23. The molecule has 0 saturated carbocycles. The molecule has 0 spiro atoms. The van der Waals surface area contributed by atoms with Gasteiger partial charge in [0.05, 0.1) is 0 Å². The van der Waals surface area contributed by atoms with Crippen LogP contribution in [0.1, 0.15) is 5.56 Å². The molecule has 0 atom stereocenters. The van der Waals surface area contributed by atoms with Gasteiger partial charge in [-0.2, -0.15) is 5.87 Å². The maximum atomic E-state index is 10.6. The monoisotopic (exact) mass is 167 g/mol. The van der Waals surface area contributed by atoms with Gasteiger partial charge >= 0.3 is 0 Å². The molecule has 0 amide bonds. The fourth-order valence-corrected chi connectivity index (χ4v) is 1.34. The third-order valence-electron chi connectivity index (χ3n) is 1.46. The number of hydrogen-bond acceptors (Lipinski definition) is 2. The lowest BCUT2D eigenvalue weighted by atomic mass is 10.2. The predicted octanol–water partition coefficient (Wildman–Crippen LogP) is 1.62. The van der Waals surface area contributed by atoms with E-state index in [0.717, 1.165) is 6.42 Å². The molecule has 1 nitrogen and oxygen atoms in total. The molecule has 0 unspecified atom stereocenters. The maximum Gasteiger partial charge on any atom is -0.0444 e. The van der Waals surface area contributed by atoms with Crippen molar-refractivity contribution in [2.45, 2.75) is 6.42 Å². The average Bonchev–Trinajstić information content (AvgIpc) is 2.03. The molecule has 0 fully saturated rings. The van der Waals surface area contributed by atoms with Crippen molar-refractivity contribution >= 4 is 16.3 Å². The van der Waals surface area contributed by atoms with Crippen LogP contribution in [-0.2, 0) is 21.0 Å². The molecule has 60 valence electrons. The van der Waals surface area contributed by atoms with Crippen LogP contribution in [0, 0.1) is 0 Å². The minimum atomic E-state index is -0.916. The summed E-state index contributed by atoms with van der Waals surface area (Å²) in [7, 11) is -0.916. The average molecular weight is 167 g/mol. The van der Waals surface area contributed by atoms with E-state index in [2.05, 4.69) is 5.87 Å². The first-order valence-corrected chi connectivity index (χ1v) is 5.00. The first-order valence-electron chi connectivity index (χ1n) is 3.51. The summed E-state index contributed by atoms with van der Waals surface area (Å²) in [6.45, 7) is 0. The van der Waals surface area contributed by atoms with Crippen LogP contribution < -0.4 is 0 Å². The molecule has 11 heavy (non-hydrogen) atoms. The molecule has 0 aliphatic rings. The number of aryl methyl sites for hydroxylation is 1. The smallest absolute Gasteiger partial charge is 0.0444 e. The number of benzene rings is 1. The minimum absolute atomic E-state index is 0.657. The van der Waals surface area contributed by atoms with Gasteiger partial charge in [-0.1, -0.05) is 30.3 Å².